The third-order valence-electron chi connectivity index (χ3n) is 6.13. The summed E-state index contributed by atoms with van der Waals surface area (Å²) in [6, 6.07) is 12.9. The fourth-order valence-corrected chi connectivity index (χ4v) is 5.48. The quantitative estimate of drug-likeness (QED) is 0.369. The number of hydrogen-bond donors (Lipinski definition) is 1. The number of nitrogens with zero attached hydrogens (tertiary/aromatic N) is 3. The highest BCUT2D eigenvalue weighted by Gasteiger charge is 2.29. The van der Waals surface area contributed by atoms with Crippen molar-refractivity contribution in [3.05, 3.63) is 91.6 Å². The minimum Gasteiger partial charge on any atom is -0.454 e. The van der Waals surface area contributed by atoms with E-state index in [-0.39, 0.29) is 22.8 Å². The maximum Gasteiger partial charge on any atom is 0.338 e. The summed E-state index contributed by atoms with van der Waals surface area (Å²) in [4.78, 5) is 49.4. The van der Waals surface area contributed by atoms with Gasteiger partial charge in [-0.2, -0.15) is 4.31 Å². The molecule has 12 heteroatoms. The van der Waals surface area contributed by atoms with Crippen LogP contribution < -0.4 is 17.0 Å². The molecule has 3 aromatic rings. The molecule has 0 atom stereocenters. The van der Waals surface area contributed by atoms with Crippen LogP contribution in [-0.4, -0.2) is 46.8 Å². The lowest BCUT2D eigenvalue weighted by molar-refractivity contribution is 0.0474. The predicted octanol–water partition coefficient (Wildman–Crippen LogP) is 0.453. The Morgan fingerprint density at radius 3 is 2.42 bits per heavy atom. The second-order valence-electron chi connectivity index (χ2n) is 8.35. The third-order valence-corrected chi connectivity index (χ3v) is 7.97. The number of hydrogen-bond acceptors (Lipinski definition) is 8. The van der Waals surface area contributed by atoms with Gasteiger partial charge in [0.25, 0.3) is 5.56 Å². The monoisotopic (exact) mass is 512 g/mol. The van der Waals surface area contributed by atoms with Crippen LogP contribution >= 0.6 is 0 Å². The lowest BCUT2D eigenvalue weighted by Crippen LogP contribution is -2.42. The van der Waals surface area contributed by atoms with Gasteiger partial charge in [0.2, 0.25) is 15.8 Å². The van der Waals surface area contributed by atoms with E-state index in [1.165, 1.54) is 42.7 Å². The van der Waals surface area contributed by atoms with Crippen molar-refractivity contribution < 1.29 is 22.7 Å². The average Bonchev–Trinajstić information content (AvgIpc) is 2.89. The van der Waals surface area contributed by atoms with Crippen molar-refractivity contribution in [2.45, 2.75) is 17.9 Å². The van der Waals surface area contributed by atoms with Crippen molar-refractivity contribution in [2.75, 3.05) is 18.9 Å². The molecular formula is C24H24N4O7S. The van der Waals surface area contributed by atoms with E-state index < -0.39 is 45.2 Å². The Balaban J connectivity index is 1.51. The minimum atomic E-state index is -3.89. The zero-order valence-corrected chi connectivity index (χ0v) is 20.4. The molecule has 2 N–H and O–H groups in total. The van der Waals surface area contributed by atoms with Gasteiger partial charge in [0, 0.05) is 27.2 Å². The third kappa shape index (κ3) is 4.48. The van der Waals surface area contributed by atoms with Crippen molar-refractivity contribution in [3.63, 3.8) is 0 Å². The van der Waals surface area contributed by atoms with Crippen LogP contribution in [0.4, 0.5) is 5.82 Å². The summed E-state index contributed by atoms with van der Waals surface area (Å²) in [7, 11) is -1.40. The number of nitrogen functional groups attached to an aromatic ring is 1. The molecule has 0 aliphatic carbocycles. The molecule has 36 heavy (non-hydrogen) atoms. The Morgan fingerprint density at radius 1 is 1.00 bits per heavy atom. The number of sulfonamides is 1. The molecule has 0 saturated heterocycles. The molecule has 0 radical (unpaired) electrons. The zero-order valence-electron chi connectivity index (χ0n) is 19.6. The smallest absolute Gasteiger partial charge is 0.338 e. The molecule has 0 bridgehead atoms. The molecule has 2 aromatic carbocycles. The molecule has 2 heterocycles. The Morgan fingerprint density at radius 2 is 1.69 bits per heavy atom. The average molecular weight is 513 g/mol. The first-order valence-electron chi connectivity index (χ1n) is 10.9. The second-order valence-corrected chi connectivity index (χ2v) is 10.3. The number of carbonyl (C=O) groups excluding carboxylic acids is 2. The molecular weight excluding hydrogens is 488 g/mol. The van der Waals surface area contributed by atoms with E-state index in [0.29, 0.717) is 13.0 Å². The Bertz CT molecular complexity index is 1610. The topological polar surface area (TPSA) is 151 Å². The number of fused-ring (bicyclic) bond motifs is 1. The van der Waals surface area contributed by atoms with Crippen molar-refractivity contribution >= 4 is 27.6 Å². The van der Waals surface area contributed by atoms with E-state index in [2.05, 4.69) is 0 Å². The van der Waals surface area contributed by atoms with Crippen LogP contribution in [0.5, 0.6) is 0 Å². The lowest BCUT2D eigenvalue weighted by Gasteiger charge is -2.28. The van der Waals surface area contributed by atoms with Crippen LogP contribution in [-0.2, 0) is 41.8 Å². The highest BCUT2D eigenvalue weighted by atomic mass is 32.2. The number of esters is 1. The standard InChI is InChI=1S/C24H24N4O7S/c1-26-21(25)20(22(30)27(2)24(26)32)19(29)14-35-23(31)16-8-5-9-18(12-16)36(33,34)28-11-10-15-6-3-4-7-17(15)13-28/h3-9,12H,10-11,13-14,25H2,1-2H3. The molecule has 1 aliphatic rings. The van der Waals surface area contributed by atoms with Gasteiger partial charge in [0.1, 0.15) is 11.4 Å². The molecule has 0 amide bonds. The molecule has 0 spiro atoms. The second kappa shape index (κ2) is 9.55. The predicted molar refractivity (Wildman–Crippen MR) is 130 cm³/mol. The number of ketones is 1. The number of ether oxygens (including phenoxy) is 1. The molecule has 4 rings (SSSR count). The highest BCUT2D eigenvalue weighted by Crippen LogP contribution is 2.25. The van der Waals surface area contributed by atoms with Crippen molar-refractivity contribution in [1.82, 2.24) is 13.4 Å². The molecule has 0 unspecified atom stereocenters. The summed E-state index contributed by atoms with van der Waals surface area (Å²) in [6.45, 7) is -0.299. The molecule has 1 aliphatic heterocycles. The number of benzene rings is 2. The molecule has 1 aromatic heterocycles. The fraction of sp³-hybridized carbons (Fsp3) is 0.250. The van der Waals surface area contributed by atoms with Crippen molar-refractivity contribution in [2.24, 2.45) is 14.1 Å². The van der Waals surface area contributed by atoms with E-state index >= 15 is 0 Å². The lowest BCUT2D eigenvalue weighted by atomic mass is 10.0. The number of rotatable bonds is 6. The summed E-state index contributed by atoms with van der Waals surface area (Å²) in [5.74, 6) is -2.20. The largest absolute Gasteiger partial charge is 0.454 e. The van der Waals surface area contributed by atoms with Gasteiger partial charge in [-0.15, -0.1) is 0 Å². The maximum absolute atomic E-state index is 13.2. The zero-order chi connectivity index (χ0) is 26.2. The van der Waals surface area contributed by atoms with E-state index in [4.69, 9.17) is 10.5 Å². The summed E-state index contributed by atoms with van der Waals surface area (Å²) < 4.78 is 34.5. The number of anilines is 1. The maximum atomic E-state index is 13.2. The van der Waals surface area contributed by atoms with Gasteiger partial charge < -0.3 is 10.5 Å². The van der Waals surface area contributed by atoms with Crippen molar-refractivity contribution in [3.8, 4) is 0 Å². The van der Waals surface area contributed by atoms with Gasteiger partial charge in [-0.25, -0.2) is 18.0 Å². The van der Waals surface area contributed by atoms with Crippen LogP contribution in [0.25, 0.3) is 0 Å². The molecule has 188 valence electrons. The minimum absolute atomic E-state index is 0.0809. The van der Waals surface area contributed by atoms with E-state index in [1.54, 1.807) is 0 Å². The molecule has 0 saturated carbocycles. The number of Topliss-reactive ketones (excluding diaryl/α,β-unsaturated/α-hetero) is 1. The van der Waals surface area contributed by atoms with Gasteiger partial charge in [0.15, 0.2) is 6.61 Å². The number of aromatic nitrogens is 2. The van der Waals surface area contributed by atoms with Crippen LogP contribution in [0.3, 0.4) is 0 Å². The van der Waals surface area contributed by atoms with E-state index in [0.717, 1.165) is 20.3 Å². The first-order valence-corrected chi connectivity index (χ1v) is 12.4. The number of carbonyl (C=O) groups is 2. The summed E-state index contributed by atoms with van der Waals surface area (Å²) in [5, 5.41) is 0. The molecule has 11 nitrogen and oxygen atoms in total. The van der Waals surface area contributed by atoms with Gasteiger partial charge in [-0.1, -0.05) is 30.3 Å². The van der Waals surface area contributed by atoms with Crippen LogP contribution in [0.15, 0.2) is 63.0 Å². The first-order chi connectivity index (χ1) is 17.0. The first kappa shape index (κ1) is 25.1. The van der Waals surface area contributed by atoms with E-state index in [9.17, 15) is 27.6 Å². The van der Waals surface area contributed by atoms with Gasteiger partial charge in [-0.05, 0) is 35.7 Å². The van der Waals surface area contributed by atoms with Gasteiger partial charge in [-0.3, -0.25) is 18.7 Å². The van der Waals surface area contributed by atoms with Crippen LogP contribution in [0.2, 0.25) is 0 Å². The fourth-order valence-electron chi connectivity index (χ4n) is 4.02. The van der Waals surface area contributed by atoms with E-state index in [1.807, 2.05) is 24.3 Å². The van der Waals surface area contributed by atoms with Crippen LogP contribution in [0.1, 0.15) is 31.8 Å². The molecule has 0 fully saturated rings. The highest BCUT2D eigenvalue weighted by molar-refractivity contribution is 7.89. The Labute approximate surface area is 206 Å². The summed E-state index contributed by atoms with van der Waals surface area (Å²) in [5.41, 5.74) is 5.60. The Kier molecular flexibility index (Phi) is 6.65. The van der Waals surface area contributed by atoms with Gasteiger partial charge in [0.05, 0.1) is 10.5 Å². The normalized spacial score (nSPS) is 13.7. The van der Waals surface area contributed by atoms with Crippen LogP contribution in [0, 0.1) is 0 Å². The Hall–Kier alpha value is -4.03. The summed E-state index contributed by atoms with van der Waals surface area (Å²) in [6.07, 6.45) is 0.576. The number of nitrogens with two attached hydrogens (primary N) is 1. The summed E-state index contributed by atoms with van der Waals surface area (Å²) >= 11 is 0. The SMILES string of the molecule is Cn1c(N)c(C(=O)COC(=O)c2cccc(S(=O)(=O)N3CCc4ccccc4C3)c2)c(=O)n(C)c1=O. The van der Waals surface area contributed by atoms with Crippen molar-refractivity contribution in [1.29, 1.82) is 0 Å². The van der Waals surface area contributed by atoms with Gasteiger partial charge >= 0.3 is 11.7 Å².